The van der Waals surface area contributed by atoms with E-state index in [1.54, 1.807) is 0 Å². The van der Waals surface area contributed by atoms with Crippen LogP contribution in [-0.4, -0.2) is 27.1 Å². The Kier molecular flexibility index (Phi) is 3.50. The van der Waals surface area contributed by atoms with E-state index in [-0.39, 0.29) is 17.9 Å². The maximum absolute atomic E-state index is 11.4. The molecule has 0 heterocycles. The summed E-state index contributed by atoms with van der Waals surface area (Å²) < 4.78 is 0. The second kappa shape index (κ2) is 4.65. The van der Waals surface area contributed by atoms with E-state index in [9.17, 15) is 14.7 Å². The van der Waals surface area contributed by atoms with Gasteiger partial charge in [-0.25, -0.2) is 0 Å². The number of rotatable bonds is 4. The molecule has 0 spiro atoms. The number of phenolic OH excluding ortho intramolecular Hbond substituents is 2. The molecule has 1 rings (SSSR count). The van der Waals surface area contributed by atoms with Gasteiger partial charge in [0.05, 0.1) is 0 Å². The van der Waals surface area contributed by atoms with Gasteiger partial charge in [-0.3, -0.25) is 9.59 Å². The lowest BCUT2D eigenvalue weighted by molar-refractivity contribution is -0.145. The van der Waals surface area contributed by atoms with Gasteiger partial charge in [0, 0.05) is 6.42 Å². The van der Waals surface area contributed by atoms with Crippen molar-refractivity contribution in [2.45, 2.75) is 13.3 Å². The second-order valence-electron chi connectivity index (χ2n) is 3.53. The minimum absolute atomic E-state index is 0.0820. The molecule has 1 atom stereocenters. The molecule has 5 heteroatoms. The number of phenols is 2. The number of ketones is 1. The Morgan fingerprint density at radius 1 is 1.25 bits per heavy atom. The molecule has 1 aromatic rings. The minimum atomic E-state index is -1.17. The van der Waals surface area contributed by atoms with Gasteiger partial charge in [-0.05, 0) is 24.6 Å². The van der Waals surface area contributed by atoms with E-state index in [4.69, 9.17) is 10.2 Å². The molecule has 0 saturated carbocycles. The number of aromatic hydroxyl groups is 2. The van der Waals surface area contributed by atoms with Gasteiger partial charge >= 0.3 is 5.97 Å². The normalized spacial score (nSPS) is 12.1. The highest BCUT2D eigenvalue weighted by molar-refractivity contribution is 5.98. The summed E-state index contributed by atoms with van der Waals surface area (Å²) in [6.45, 7) is 1.31. The highest BCUT2D eigenvalue weighted by atomic mass is 16.4. The zero-order chi connectivity index (χ0) is 12.3. The van der Waals surface area contributed by atoms with E-state index < -0.39 is 17.7 Å². The first-order chi connectivity index (χ1) is 7.41. The summed E-state index contributed by atoms with van der Waals surface area (Å²) in [6.07, 6.45) is -0.0820. The lowest BCUT2D eigenvalue weighted by Gasteiger charge is -2.06. The third kappa shape index (κ3) is 2.73. The monoisotopic (exact) mass is 224 g/mol. The molecule has 0 bridgehead atoms. The summed E-state index contributed by atoms with van der Waals surface area (Å²) in [7, 11) is 0. The molecule has 0 aliphatic rings. The van der Waals surface area contributed by atoms with Crippen LogP contribution in [0, 0.1) is 5.92 Å². The maximum atomic E-state index is 11.4. The average Bonchev–Trinajstić information content (AvgIpc) is 2.22. The van der Waals surface area contributed by atoms with Gasteiger partial charge in [0.2, 0.25) is 0 Å². The zero-order valence-electron chi connectivity index (χ0n) is 8.67. The fraction of sp³-hybridized carbons (Fsp3) is 0.273. The van der Waals surface area contributed by atoms with Crippen molar-refractivity contribution in [1.82, 2.24) is 0 Å². The molecular weight excluding hydrogens is 212 g/mol. The summed E-state index contributed by atoms with van der Waals surface area (Å²) in [5.74, 6) is -3.29. The van der Waals surface area contributed by atoms with Crippen LogP contribution in [0.15, 0.2) is 18.2 Å². The van der Waals surface area contributed by atoms with Crippen molar-refractivity contribution in [2.75, 3.05) is 0 Å². The lowest BCUT2D eigenvalue weighted by atomic mass is 9.99. The highest BCUT2D eigenvalue weighted by Gasteiger charge is 2.20. The largest absolute Gasteiger partial charge is 0.504 e. The number of benzene rings is 1. The summed E-state index contributed by atoms with van der Waals surface area (Å²) in [6, 6.07) is 3.95. The standard InChI is InChI=1S/C11H12O5/c1-6(11(15)16)9(13)4-7-2-3-8(12)10(14)5-7/h2-3,5-6,12,14H,4H2,1H3,(H,15,16). The van der Waals surface area contributed by atoms with Crippen LogP contribution >= 0.6 is 0 Å². The quantitative estimate of drug-likeness (QED) is 0.522. The van der Waals surface area contributed by atoms with E-state index in [0.29, 0.717) is 5.56 Å². The van der Waals surface area contributed by atoms with Gasteiger partial charge in [-0.15, -0.1) is 0 Å². The molecule has 86 valence electrons. The molecule has 1 aromatic carbocycles. The van der Waals surface area contributed by atoms with E-state index >= 15 is 0 Å². The van der Waals surface area contributed by atoms with Gasteiger partial charge in [0.15, 0.2) is 17.3 Å². The molecule has 0 aromatic heterocycles. The molecule has 0 aliphatic carbocycles. The Morgan fingerprint density at radius 2 is 1.88 bits per heavy atom. The molecule has 5 nitrogen and oxygen atoms in total. The average molecular weight is 224 g/mol. The lowest BCUT2D eigenvalue weighted by Crippen LogP contribution is -2.22. The van der Waals surface area contributed by atoms with E-state index in [1.165, 1.54) is 25.1 Å². The number of carboxylic acids is 1. The number of Topliss-reactive ketones (excluding diaryl/α,β-unsaturated/α-hetero) is 1. The summed E-state index contributed by atoms with van der Waals surface area (Å²) in [5, 5.41) is 26.8. The van der Waals surface area contributed by atoms with Crippen LogP contribution in [-0.2, 0) is 16.0 Å². The topological polar surface area (TPSA) is 94.8 Å². The number of carboxylic acid groups (broad SMARTS) is 1. The summed E-state index contributed by atoms with van der Waals surface area (Å²) in [4.78, 5) is 22.0. The third-order valence-electron chi connectivity index (χ3n) is 2.27. The van der Waals surface area contributed by atoms with Crippen molar-refractivity contribution in [3.05, 3.63) is 23.8 Å². The van der Waals surface area contributed by atoms with Crippen molar-refractivity contribution in [3.8, 4) is 11.5 Å². The first kappa shape index (κ1) is 12.0. The zero-order valence-corrected chi connectivity index (χ0v) is 8.67. The van der Waals surface area contributed by atoms with Gasteiger partial charge in [0.25, 0.3) is 0 Å². The van der Waals surface area contributed by atoms with Crippen molar-refractivity contribution in [1.29, 1.82) is 0 Å². The Morgan fingerprint density at radius 3 is 2.38 bits per heavy atom. The summed E-state index contributed by atoms with van der Waals surface area (Å²) >= 11 is 0. The molecular formula is C11H12O5. The smallest absolute Gasteiger partial charge is 0.313 e. The second-order valence-corrected chi connectivity index (χ2v) is 3.53. The molecule has 0 radical (unpaired) electrons. The SMILES string of the molecule is CC(C(=O)O)C(=O)Cc1ccc(O)c(O)c1. The van der Waals surface area contributed by atoms with Gasteiger partial charge in [0.1, 0.15) is 5.92 Å². The Balaban J connectivity index is 2.77. The van der Waals surface area contributed by atoms with Gasteiger partial charge < -0.3 is 15.3 Å². The summed E-state index contributed by atoms with van der Waals surface area (Å²) in [5.41, 5.74) is 0.466. The van der Waals surface area contributed by atoms with E-state index in [0.717, 1.165) is 0 Å². The molecule has 0 aliphatic heterocycles. The van der Waals surface area contributed by atoms with E-state index in [1.807, 2.05) is 0 Å². The molecule has 1 unspecified atom stereocenters. The molecule has 0 amide bonds. The van der Waals surface area contributed by atoms with Crippen LogP contribution in [0.1, 0.15) is 12.5 Å². The van der Waals surface area contributed by atoms with Crippen molar-refractivity contribution in [3.63, 3.8) is 0 Å². The van der Waals surface area contributed by atoms with Crippen LogP contribution < -0.4 is 0 Å². The van der Waals surface area contributed by atoms with Crippen LogP contribution in [0.4, 0.5) is 0 Å². The predicted molar refractivity (Wildman–Crippen MR) is 55.3 cm³/mol. The highest BCUT2D eigenvalue weighted by Crippen LogP contribution is 2.25. The first-order valence-corrected chi connectivity index (χ1v) is 4.68. The van der Waals surface area contributed by atoms with Gasteiger partial charge in [-0.2, -0.15) is 0 Å². The van der Waals surface area contributed by atoms with E-state index in [2.05, 4.69) is 0 Å². The third-order valence-corrected chi connectivity index (χ3v) is 2.27. The van der Waals surface area contributed by atoms with Crippen LogP contribution in [0.3, 0.4) is 0 Å². The number of hydrogen-bond acceptors (Lipinski definition) is 4. The minimum Gasteiger partial charge on any atom is -0.504 e. The Bertz CT molecular complexity index is 424. The van der Waals surface area contributed by atoms with Crippen molar-refractivity contribution in [2.24, 2.45) is 5.92 Å². The number of hydrogen-bond donors (Lipinski definition) is 3. The number of carbonyl (C=O) groups is 2. The van der Waals surface area contributed by atoms with Crippen molar-refractivity contribution < 1.29 is 24.9 Å². The molecule has 3 N–H and O–H groups in total. The van der Waals surface area contributed by atoms with Crippen molar-refractivity contribution >= 4 is 11.8 Å². The van der Waals surface area contributed by atoms with Crippen LogP contribution in [0.5, 0.6) is 11.5 Å². The van der Waals surface area contributed by atoms with Gasteiger partial charge in [-0.1, -0.05) is 6.07 Å². The number of aliphatic carboxylic acids is 1. The van der Waals surface area contributed by atoms with Crippen LogP contribution in [0.2, 0.25) is 0 Å². The first-order valence-electron chi connectivity index (χ1n) is 4.68. The predicted octanol–water partition coefficient (Wildman–Crippen LogP) is 0.930. The Labute approximate surface area is 92.0 Å². The Hall–Kier alpha value is -2.04. The molecule has 0 saturated heterocycles. The fourth-order valence-electron chi connectivity index (χ4n) is 1.17. The number of carbonyl (C=O) groups excluding carboxylic acids is 1. The molecule has 16 heavy (non-hydrogen) atoms. The molecule has 0 fully saturated rings. The maximum Gasteiger partial charge on any atom is 0.313 e. The fourth-order valence-corrected chi connectivity index (χ4v) is 1.17. The van der Waals surface area contributed by atoms with Crippen LogP contribution in [0.25, 0.3) is 0 Å².